The smallest absolute Gasteiger partial charge is 0.425 e. The monoisotopic (exact) mass is 596 g/mol. The van der Waals surface area contributed by atoms with Crippen molar-refractivity contribution in [3.63, 3.8) is 0 Å². The molecule has 0 aliphatic rings. The highest BCUT2D eigenvalue weighted by Gasteiger charge is 2.34. The van der Waals surface area contributed by atoms with Crippen LogP contribution >= 0.6 is 15.9 Å². The summed E-state index contributed by atoms with van der Waals surface area (Å²) in [5, 5.41) is 3.23. The van der Waals surface area contributed by atoms with Crippen LogP contribution in [0.2, 0.25) is 0 Å². The number of aromatic nitrogens is 3. The van der Waals surface area contributed by atoms with Crippen molar-refractivity contribution < 1.29 is 19.1 Å². The number of amides is 2. The molecule has 39 heavy (non-hydrogen) atoms. The number of hydrogen-bond donors (Lipinski definition) is 2. The van der Waals surface area contributed by atoms with Crippen molar-refractivity contribution in [3.8, 4) is 11.1 Å². The van der Waals surface area contributed by atoms with Crippen molar-refractivity contribution in [3.05, 3.63) is 65.3 Å². The molecule has 206 valence electrons. The highest BCUT2D eigenvalue weighted by atomic mass is 79.9. The minimum absolute atomic E-state index is 0.0491. The number of nitrogens with one attached hydrogen (secondary N) is 1. The van der Waals surface area contributed by atoms with E-state index in [2.05, 4.69) is 42.8 Å². The van der Waals surface area contributed by atoms with E-state index in [9.17, 15) is 9.59 Å². The highest BCUT2D eigenvalue weighted by molar-refractivity contribution is 9.10. The lowest BCUT2D eigenvalue weighted by molar-refractivity contribution is 0.0429. The average Bonchev–Trinajstić information content (AvgIpc) is 2.78. The number of ether oxygens (including phenoxy) is 2. The summed E-state index contributed by atoms with van der Waals surface area (Å²) < 4.78 is 11.6. The summed E-state index contributed by atoms with van der Waals surface area (Å²) in [5.41, 5.74) is 8.31. The SMILES string of the molecule is C=C(Nc1cnccc1-c1cc(C)nc(N(C(=O)OC(C)(C)C)C(=O)OC(C)(C)C)c1)c1nc(Br)ccc1N. The fourth-order valence-electron chi connectivity index (χ4n) is 3.45. The minimum atomic E-state index is -0.904. The van der Waals surface area contributed by atoms with Crippen LogP contribution in [-0.2, 0) is 9.47 Å². The number of nitrogens with two attached hydrogens (primary N) is 1. The van der Waals surface area contributed by atoms with Crippen LogP contribution in [-0.4, -0.2) is 38.3 Å². The number of pyridine rings is 3. The topological polar surface area (TPSA) is 133 Å². The molecule has 3 heterocycles. The Bertz CT molecular complexity index is 1380. The molecule has 2 amide bonds. The third-order valence-electron chi connectivity index (χ3n) is 4.92. The molecular formula is C28H33BrN6O4. The van der Waals surface area contributed by atoms with E-state index in [1.165, 1.54) is 0 Å². The third kappa shape index (κ3) is 8.00. The van der Waals surface area contributed by atoms with E-state index in [4.69, 9.17) is 15.2 Å². The van der Waals surface area contributed by atoms with Gasteiger partial charge in [0.1, 0.15) is 27.3 Å². The Morgan fingerprint density at radius 3 is 2.21 bits per heavy atom. The van der Waals surface area contributed by atoms with Crippen LogP contribution in [0.4, 0.5) is 26.8 Å². The van der Waals surface area contributed by atoms with Crippen molar-refractivity contribution in [2.75, 3.05) is 16.0 Å². The fraction of sp³-hybridized carbons (Fsp3) is 0.321. The molecule has 3 rings (SSSR count). The second-order valence-electron chi connectivity index (χ2n) is 10.7. The van der Waals surface area contributed by atoms with Gasteiger partial charge in [-0.3, -0.25) is 4.98 Å². The van der Waals surface area contributed by atoms with Crippen LogP contribution < -0.4 is 16.0 Å². The first-order valence-electron chi connectivity index (χ1n) is 12.1. The van der Waals surface area contributed by atoms with Gasteiger partial charge in [0.2, 0.25) is 0 Å². The fourth-order valence-corrected chi connectivity index (χ4v) is 3.76. The quantitative estimate of drug-likeness (QED) is 0.300. The summed E-state index contributed by atoms with van der Waals surface area (Å²) in [5.74, 6) is 0.0491. The molecule has 0 atom stereocenters. The molecule has 0 aliphatic heterocycles. The van der Waals surface area contributed by atoms with Crippen LogP contribution in [0.15, 0.2) is 53.9 Å². The summed E-state index contributed by atoms with van der Waals surface area (Å²) in [7, 11) is 0. The lowest BCUT2D eigenvalue weighted by atomic mass is 10.0. The standard InChI is InChI=1S/C28H33BrN6O4/c1-16-13-18(14-23(32-16)35(25(36)38-27(3,4)5)26(37)39-28(6,7)8)19-11-12-31-15-21(19)33-17(2)24-20(30)9-10-22(29)34-24/h9-15,33H,2,30H2,1,3-8H3. The molecule has 0 radical (unpaired) electrons. The predicted octanol–water partition coefficient (Wildman–Crippen LogP) is 6.95. The second kappa shape index (κ2) is 11.4. The summed E-state index contributed by atoms with van der Waals surface area (Å²) in [6, 6.07) is 8.68. The Balaban J connectivity index is 2.07. The number of rotatable bonds is 5. The molecular weight excluding hydrogens is 564 g/mol. The van der Waals surface area contributed by atoms with E-state index in [1.807, 2.05) is 6.07 Å². The first kappa shape index (κ1) is 29.6. The molecule has 0 aromatic carbocycles. The lowest BCUT2D eigenvalue weighted by Gasteiger charge is -2.28. The van der Waals surface area contributed by atoms with E-state index < -0.39 is 23.4 Å². The summed E-state index contributed by atoms with van der Waals surface area (Å²) in [4.78, 5) is 40.3. The van der Waals surface area contributed by atoms with Gasteiger partial charge in [-0.05, 0) is 100 Å². The molecule has 0 unspecified atom stereocenters. The Labute approximate surface area is 236 Å². The van der Waals surface area contributed by atoms with Gasteiger partial charge in [0.25, 0.3) is 0 Å². The van der Waals surface area contributed by atoms with Crippen molar-refractivity contribution >= 4 is 51.0 Å². The Morgan fingerprint density at radius 2 is 1.62 bits per heavy atom. The number of nitrogens with zero attached hydrogens (tertiary/aromatic N) is 4. The van der Waals surface area contributed by atoms with Gasteiger partial charge >= 0.3 is 12.2 Å². The van der Waals surface area contributed by atoms with Crippen LogP contribution in [0.3, 0.4) is 0 Å². The van der Waals surface area contributed by atoms with Gasteiger partial charge in [0, 0.05) is 17.5 Å². The zero-order chi connectivity index (χ0) is 29.1. The van der Waals surface area contributed by atoms with Crippen molar-refractivity contribution in [2.24, 2.45) is 0 Å². The lowest BCUT2D eigenvalue weighted by Crippen LogP contribution is -2.44. The Kier molecular flexibility index (Phi) is 8.64. The molecule has 0 bridgehead atoms. The molecule has 0 fully saturated rings. The van der Waals surface area contributed by atoms with Gasteiger partial charge in [0.15, 0.2) is 0 Å². The Morgan fingerprint density at radius 1 is 1.00 bits per heavy atom. The average molecular weight is 598 g/mol. The van der Waals surface area contributed by atoms with Crippen molar-refractivity contribution in [2.45, 2.75) is 59.7 Å². The number of nitrogen functional groups attached to an aromatic ring is 1. The van der Waals surface area contributed by atoms with E-state index in [0.29, 0.717) is 44.2 Å². The molecule has 3 N–H and O–H groups in total. The summed E-state index contributed by atoms with van der Waals surface area (Å²) in [6.07, 6.45) is 1.45. The van der Waals surface area contributed by atoms with E-state index >= 15 is 0 Å². The minimum Gasteiger partial charge on any atom is -0.443 e. The zero-order valence-electron chi connectivity index (χ0n) is 23.1. The maximum Gasteiger partial charge on any atom is 0.425 e. The van der Waals surface area contributed by atoms with Crippen molar-refractivity contribution in [1.82, 2.24) is 15.0 Å². The molecule has 0 spiro atoms. The normalized spacial score (nSPS) is 11.5. The zero-order valence-corrected chi connectivity index (χ0v) is 24.7. The van der Waals surface area contributed by atoms with E-state index in [0.717, 1.165) is 4.90 Å². The van der Waals surface area contributed by atoms with Crippen LogP contribution in [0.1, 0.15) is 52.9 Å². The largest absolute Gasteiger partial charge is 0.443 e. The van der Waals surface area contributed by atoms with E-state index in [1.54, 1.807) is 85.1 Å². The number of aryl methyl sites for hydroxylation is 1. The van der Waals surface area contributed by atoms with Crippen LogP contribution in [0, 0.1) is 6.92 Å². The van der Waals surface area contributed by atoms with E-state index in [-0.39, 0.29) is 5.82 Å². The van der Waals surface area contributed by atoms with Crippen LogP contribution in [0.25, 0.3) is 16.8 Å². The first-order valence-corrected chi connectivity index (χ1v) is 12.9. The molecule has 0 saturated carbocycles. The van der Waals surface area contributed by atoms with Gasteiger partial charge in [-0.2, -0.15) is 4.90 Å². The number of carbonyl (C=O) groups is 2. The maximum atomic E-state index is 13.2. The molecule has 3 aromatic heterocycles. The molecule has 3 aromatic rings. The molecule has 10 nitrogen and oxygen atoms in total. The predicted molar refractivity (Wildman–Crippen MR) is 156 cm³/mol. The maximum absolute atomic E-state index is 13.2. The number of halogens is 1. The third-order valence-corrected chi connectivity index (χ3v) is 5.36. The Hall–Kier alpha value is -3.99. The molecule has 11 heteroatoms. The second-order valence-corrected chi connectivity index (χ2v) is 11.6. The van der Waals surface area contributed by atoms with Gasteiger partial charge in [-0.15, -0.1) is 0 Å². The first-order chi connectivity index (χ1) is 18.0. The highest BCUT2D eigenvalue weighted by Crippen LogP contribution is 2.33. The van der Waals surface area contributed by atoms with Gasteiger partial charge in [-0.25, -0.2) is 19.6 Å². The number of carbonyl (C=O) groups excluding carboxylic acids is 2. The van der Waals surface area contributed by atoms with Crippen molar-refractivity contribution in [1.29, 1.82) is 0 Å². The van der Waals surface area contributed by atoms with Gasteiger partial charge < -0.3 is 20.5 Å². The number of imide groups is 1. The number of anilines is 3. The van der Waals surface area contributed by atoms with Gasteiger partial charge in [-0.1, -0.05) is 6.58 Å². The molecule has 0 aliphatic carbocycles. The van der Waals surface area contributed by atoms with Gasteiger partial charge in [0.05, 0.1) is 23.3 Å². The summed E-state index contributed by atoms with van der Waals surface area (Å²) >= 11 is 3.36. The number of hydrogen-bond acceptors (Lipinski definition) is 9. The van der Waals surface area contributed by atoms with Crippen LogP contribution in [0.5, 0.6) is 0 Å². The summed E-state index contributed by atoms with van der Waals surface area (Å²) in [6.45, 7) is 16.1. The molecule has 0 saturated heterocycles.